The third kappa shape index (κ3) is 2.93. The molecule has 0 bridgehead atoms. The molecule has 1 unspecified atom stereocenters. The molecule has 1 aromatic heterocycles. The molecule has 0 aliphatic rings. The highest BCUT2D eigenvalue weighted by molar-refractivity contribution is 7.90. The number of aromatic nitrogens is 1. The van der Waals surface area contributed by atoms with Crippen LogP contribution < -0.4 is 0 Å². The number of rotatable bonds is 5. The molecule has 0 fully saturated rings. The Balaban J connectivity index is 2.08. The van der Waals surface area contributed by atoms with Crippen LogP contribution in [0, 0.1) is 0 Å². The summed E-state index contributed by atoms with van der Waals surface area (Å²) in [6.07, 6.45) is -0.445. The van der Waals surface area contributed by atoms with E-state index in [9.17, 15) is 13.5 Å². The Morgan fingerprint density at radius 2 is 1.43 bits per heavy atom. The smallest absolute Gasteiger partial charge is 0.268 e. The van der Waals surface area contributed by atoms with Crippen LogP contribution in [0.1, 0.15) is 29.8 Å². The van der Waals surface area contributed by atoms with E-state index in [-0.39, 0.29) is 4.90 Å². The number of aryl methyl sites for hydroxylation is 1. The summed E-state index contributed by atoms with van der Waals surface area (Å²) in [6.45, 7) is 1.97. The Kier molecular flexibility index (Phi) is 4.79. The molecule has 0 radical (unpaired) electrons. The van der Waals surface area contributed by atoms with Crippen LogP contribution in [0.2, 0.25) is 0 Å². The zero-order valence-corrected chi connectivity index (χ0v) is 16.3. The van der Waals surface area contributed by atoms with Gasteiger partial charge < -0.3 is 5.11 Å². The highest BCUT2D eigenvalue weighted by atomic mass is 32.2. The van der Waals surface area contributed by atoms with Crippen molar-refractivity contribution in [2.24, 2.45) is 0 Å². The molecule has 0 aliphatic heterocycles. The number of para-hydroxylation sites is 1. The van der Waals surface area contributed by atoms with Crippen molar-refractivity contribution >= 4 is 20.9 Å². The predicted molar refractivity (Wildman–Crippen MR) is 111 cm³/mol. The van der Waals surface area contributed by atoms with E-state index in [0.29, 0.717) is 23.2 Å². The summed E-state index contributed by atoms with van der Waals surface area (Å²) in [4.78, 5) is 0.194. The zero-order chi connectivity index (χ0) is 19.7. The van der Waals surface area contributed by atoms with Gasteiger partial charge in [-0.1, -0.05) is 73.7 Å². The van der Waals surface area contributed by atoms with E-state index in [2.05, 4.69) is 0 Å². The number of fused-ring (bicyclic) bond motifs is 1. The predicted octanol–water partition coefficient (Wildman–Crippen LogP) is 4.52. The van der Waals surface area contributed by atoms with Crippen LogP contribution in [0.15, 0.2) is 89.8 Å². The van der Waals surface area contributed by atoms with Gasteiger partial charge in [0.1, 0.15) is 6.10 Å². The van der Waals surface area contributed by atoms with Gasteiger partial charge in [-0.15, -0.1) is 0 Å². The van der Waals surface area contributed by atoms with E-state index in [1.54, 1.807) is 48.5 Å². The summed E-state index contributed by atoms with van der Waals surface area (Å²) in [7, 11) is -3.88. The fourth-order valence-corrected chi connectivity index (χ4v) is 5.29. The lowest BCUT2D eigenvalue weighted by Gasteiger charge is -2.18. The quantitative estimate of drug-likeness (QED) is 0.544. The molecule has 1 heterocycles. The van der Waals surface area contributed by atoms with Gasteiger partial charge in [0.2, 0.25) is 0 Å². The summed E-state index contributed by atoms with van der Waals surface area (Å²) in [5, 5.41) is 12.1. The maximum atomic E-state index is 13.6. The molecule has 1 N–H and O–H groups in total. The number of hydrogen-bond donors (Lipinski definition) is 1. The number of aliphatic hydroxyl groups excluding tert-OH is 1. The highest BCUT2D eigenvalue weighted by Gasteiger charge is 2.30. The van der Waals surface area contributed by atoms with Crippen molar-refractivity contribution < 1.29 is 13.5 Å². The van der Waals surface area contributed by atoms with Gasteiger partial charge in [-0.2, -0.15) is 0 Å². The normalized spacial score (nSPS) is 12.9. The standard InChI is InChI=1S/C23H21NO3S/c1-2-19-20-15-9-10-16-21(20)24(28(26,27)18-13-7-4-8-14-18)22(19)23(25)17-11-5-3-6-12-17/h3-16,23,25H,2H2,1H3. The molecule has 4 nitrogen and oxygen atoms in total. The number of hydrogen-bond acceptors (Lipinski definition) is 3. The van der Waals surface area contributed by atoms with E-state index in [1.165, 1.54) is 3.97 Å². The Morgan fingerprint density at radius 3 is 2.07 bits per heavy atom. The lowest BCUT2D eigenvalue weighted by Crippen LogP contribution is -2.19. The van der Waals surface area contributed by atoms with Crippen LogP contribution in [0.3, 0.4) is 0 Å². The van der Waals surface area contributed by atoms with E-state index in [1.807, 2.05) is 43.3 Å². The van der Waals surface area contributed by atoms with Gasteiger partial charge in [0.25, 0.3) is 10.0 Å². The topological polar surface area (TPSA) is 59.3 Å². The maximum absolute atomic E-state index is 13.6. The Hall–Kier alpha value is -2.89. The minimum atomic E-state index is -3.88. The molecule has 1 atom stereocenters. The van der Waals surface area contributed by atoms with Gasteiger partial charge in [-0.05, 0) is 35.7 Å². The molecular weight excluding hydrogens is 370 g/mol. The van der Waals surface area contributed by atoms with Crippen LogP contribution in [-0.4, -0.2) is 17.5 Å². The van der Waals surface area contributed by atoms with Crippen molar-refractivity contribution in [1.29, 1.82) is 0 Å². The molecule has 3 aromatic carbocycles. The van der Waals surface area contributed by atoms with Gasteiger partial charge >= 0.3 is 0 Å². The van der Waals surface area contributed by atoms with Crippen molar-refractivity contribution in [2.45, 2.75) is 24.3 Å². The lowest BCUT2D eigenvalue weighted by atomic mass is 10.0. The third-order valence-electron chi connectivity index (χ3n) is 4.99. The van der Waals surface area contributed by atoms with Crippen molar-refractivity contribution in [2.75, 3.05) is 0 Å². The summed E-state index contributed by atoms with van der Waals surface area (Å²) < 4.78 is 28.5. The third-order valence-corrected chi connectivity index (χ3v) is 6.73. The van der Waals surface area contributed by atoms with Gasteiger partial charge in [0.05, 0.1) is 16.1 Å². The first kappa shape index (κ1) is 18.5. The van der Waals surface area contributed by atoms with E-state index >= 15 is 0 Å². The number of aliphatic hydroxyl groups is 1. The minimum absolute atomic E-state index is 0.194. The van der Waals surface area contributed by atoms with Gasteiger partial charge in [-0.3, -0.25) is 0 Å². The first-order valence-electron chi connectivity index (χ1n) is 9.21. The van der Waals surface area contributed by atoms with E-state index in [4.69, 9.17) is 0 Å². The van der Waals surface area contributed by atoms with Gasteiger partial charge in [0, 0.05) is 5.39 Å². The average molecular weight is 391 g/mol. The first-order valence-corrected chi connectivity index (χ1v) is 10.7. The number of nitrogens with zero attached hydrogens (tertiary/aromatic N) is 1. The Labute approximate surface area is 164 Å². The average Bonchev–Trinajstić information content (AvgIpc) is 3.09. The molecule has 0 spiro atoms. The second kappa shape index (κ2) is 7.26. The fourth-order valence-electron chi connectivity index (χ4n) is 3.69. The number of benzene rings is 3. The highest BCUT2D eigenvalue weighted by Crippen LogP contribution is 2.36. The van der Waals surface area contributed by atoms with Crippen LogP contribution in [0.5, 0.6) is 0 Å². The molecule has 0 aliphatic carbocycles. The van der Waals surface area contributed by atoms with Gasteiger partial charge in [-0.25, -0.2) is 12.4 Å². The minimum Gasteiger partial charge on any atom is -0.382 e. The Bertz CT molecular complexity index is 1210. The van der Waals surface area contributed by atoms with Crippen LogP contribution in [-0.2, 0) is 16.4 Å². The van der Waals surface area contributed by atoms with Crippen molar-refractivity contribution in [3.8, 4) is 0 Å². The zero-order valence-electron chi connectivity index (χ0n) is 15.5. The van der Waals surface area contributed by atoms with Crippen LogP contribution >= 0.6 is 0 Å². The molecule has 28 heavy (non-hydrogen) atoms. The molecule has 0 saturated heterocycles. The largest absolute Gasteiger partial charge is 0.382 e. The summed E-state index contributed by atoms with van der Waals surface area (Å²) in [5.41, 5.74) is 2.47. The molecular formula is C23H21NO3S. The maximum Gasteiger partial charge on any atom is 0.268 e. The molecule has 5 heteroatoms. The summed E-state index contributed by atoms with van der Waals surface area (Å²) in [5.74, 6) is 0. The van der Waals surface area contributed by atoms with Gasteiger partial charge in [0.15, 0.2) is 0 Å². The van der Waals surface area contributed by atoms with Crippen LogP contribution in [0.25, 0.3) is 10.9 Å². The second-order valence-corrected chi connectivity index (χ2v) is 8.42. The fraction of sp³-hybridized carbons (Fsp3) is 0.130. The Morgan fingerprint density at radius 1 is 0.857 bits per heavy atom. The van der Waals surface area contributed by atoms with Crippen LogP contribution in [0.4, 0.5) is 0 Å². The monoisotopic (exact) mass is 391 g/mol. The summed E-state index contributed by atoms with van der Waals surface area (Å²) >= 11 is 0. The summed E-state index contributed by atoms with van der Waals surface area (Å²) in [6, 6.07) is 24.9. The van der Waals surface area contributed by atoms with Crippen molar-refractivity contribution in [1.82, 2.24) is 3.97 Å². The first-order chi connectivity index (χ1) is 13.6. The second-order valence-electron chi connectivity index (χ2n) is 6.63. The SMILES string of the molecule is CCc1c(C(O)c2ccccc2)n(S(=O)(=O)c2ccccc2)c2ccccc12. The molecule has 142 valence electrons. The molecule has 0 amide bonds. The van der Waals surface area contributed by atoms with Crippen molar-refractivity contribution in [3.05, 3.63) is 102 Å². The van der Waals surface area contributed by atoms with E-state index in [0.717, 1.165) is 10.9 Å². The molecule has 4 aromatic rings. The lowest BCUT2D eigenvalue weighted by molar-refractivity contribution is 0.213. The van der Waals surface area contributed by atoms with Crippen molar-refractivity contribution in [3.63, 3.8) is 0 Å². The van der Waals surface area contributed by atoms with E-state index < -0.39 is 16.1 Å². The molecule has 4 rings (SSSR count). The molecule has 0 saturated carbocycles.